The lowest BCUT2D eigenvalue weighted by Crippen LogP contribution is -2.26. The Balaban J connectivity index is 0.000000716. The molecule has 6 fully saturated rings. The monoisotopic (exact) mass is 1880 g/mol. The third-order valence-corrected chi connectivity index (χ3v) is 27.8. The van der Waals surface area contributed by atoms with Crippen molar-refractivity contribution in [2.24, 2.45) is 68.0 Å². The van der Waals surface area contributed by atoms with E-state index in [1.165, 1.54) is 168 Å². The molecule has 5 nitrogen and oxygen atoms in total. The molecule has 0 bridgehead atoms. The van der Waals surface area contributed by atoms with Crippen LogP contribution < -0.4 is 19.5 Å². The van der Waals surface area contributed by atoms with Crippen molar-refractivity contribution in [3.05, 3.63) is 230 Å². The molecule has 0 amide bonds. The van der Waals surface area contributed by atoms with E-state index in [1.807, 2.05) is 91.0 Å². The van der Waals surface area contributed by atoms with E-state index in [-0.39, 0.29) is 32.5 Å². The van der Waals surface area contributed by atoms with Crippen LogP contribution in [0, 0.1) is 68.0 Å². The van der Waals surface area contributed by atoms with E-state index in [1.54, 1.807) is 21.3 Å². The molecule has 2 atom stereocenters. The lowest BCUT2D eigenvalue weighted by Gasteiger charge is -2.37. The number of benzene rings is 7. The van der Waals surface area contributed by atoms with Gasteiger partial charge < -0.3 is 24.4 Å². The number of nitrogens with zero attached hydrogens (tertiary/aromatic N) is 1. The molecule has 2 heterocycles. The van der Waals surface area contributed by atoms with Crippen LogP contribution in [-0.2, 0) is 37.9 Å². The first-order valence-corrected chi connectivity index (χ1v) is 52.1. The van der Waals surface area contributed by atoms with Gasteiger partial charge in [-0.05, 0) is 296 Å². The molecule has 7 aromatic rings. The minimum absolute atomic E-state index is 0.151. The standard InChI is InChI=1S/3C11H16O.3C10H13Cl.C10H20.C10H14.C9H19N.C9H18.C8H17N.C8H16.C7H14/c1-11(2,3)9-5-7-10(12-4)8-6-9;1-11(2,3)9-6-5-7-10(8-9)12-4;1-11(2,3)9-7-5-6-8-10(9)12-4;1-10(2,3)8-4-6-9(11)7-5-8;1-10(2,3)8-5-4-6-9(11)7-8;1-10(2,3)8-6-4-5-7-9(8)11;2*1-10(2,3)9-7-5-4-6-8-9;1-9(2,3)8-5-6-10(4)7-8;1-9(2,3)8-6-4-5-7-8;1-8(2,3)7-4-5-9-6-7;1-8(2,3)7-5-4-6-7;1-7(2,3)6-4-5-6/h3*5-8H,1-4H3;3*4-7H,1-3H3;9H,4-8H2,1-3H3;4-8H,1-3H3;8H,5-7H2,1-4H3;8H,4-7H2,1-3H3;7,9H,4-6H2,1-3H3;7H,4-6H2,1-3H3;6H,4-5H2,1-3H3. The summed E-state index contributed by atoms with van der Waals surface area (Å²) in [5, 5.41) is 5.86. The molecule has 0 aromatic heterocycles. The second kappa shape index (κ2) is 56.7. The Hall–Kier alpha value is -5.27. The van der Waals surface area contributed by atoms with Crippen LogP contribution in [0.5, 0.6) is 17.2 Å². The molecule has 7 aromatic carbocycles. The summed E-state index contributed by atoms with van der Waals surface area (Å²) in [6.07, 6.45) is 23.4. The highest BCUT2D eigenvalue weighted by Crippen LogP contribution is 2.46. The smallest absolute Gasteiger partial charge is 0.122 e. The maximum absolute atomic E-state index is 6.01. The van der Waals surface area contributed by atoms with E-state index < -0.39 is 0 Å². The first-order chi connectivity index (χ1) is 60.3. The third-order valence-electron chi connectivity index (χ3n) is 27.0. The molecule has 0 spiro atoms. The molecule has 4 aliphatic carbocycles. The number of likely N-dealkylation sites (tertiary alicyclic amines) is 1. The van der Waals surface area contributed by atoms with E-state index in [0.717, 1.165) is 67.8 Å². The lowest BCUT2D eigenvalue weighted by molar-refractivity contribution is 0.141. The van der Waals surface area contributed by atoms with Gasteiger partial charge in [-0.3, -0.25) is 0 Å². The topological polar surface area (TPSA) is 43.0 Å². The Bertz CT molecular complexity index is 4110. The number of halogens is 3. The van der Waals surface area contributed by atoms with Gasteiger partial charge in [-0.15, -0.1) is 0 Å². The maximum Gasteiger partial charge on any atom is 0.122 e. The quantitative estimate of drug-likeness (QED) is 0.191. The summed E-state index contributed by atoms with van der Waals surface area (Å²) in [4.78, 5) is 2.43. The summed E-state index contributed by atoms with van der Waals surface area (Å²) in [5.74, 6) is 8.74. The summed E-state index contributed by atoms with van der Waals surface area (Å²) in [5.41, 5.74) is 14.0. The molecule has 13 rings (SSSR count). The molecule has 4 saturated carbocycles. The predicted molar refractivity (Wildman–Crippen MR) is 593 cm³/mol. The Kier molecular flexibility index (Phi) is 53.6. The van der Waals surface area contributed by atoms with E-state index in [9.17, 15) is 0 Å². The van der Waals surface area contributed by atoms with Gasteiger partial charge in [-0.1, -0.05) is 459 Å². The van der Waals surface area contributed by atoms with Crippen molar-refractivity contribution in [1.82, 2.24) is 10.2 Å². The van der Waals surface area contributed by atoms with Crippen LogP contribution in [0.15, 0.2) is 176 Å². The zero-order chi connectivity index (χ0) is 102. The Morgan fingerprint density at radius 2 is 0.606 bits per heavy atom. The van der Waals surface area contributed by atoms with Crippen LogP contribution in [0.4, 0.5) is 0 Å². The van der Waals surface area contributed by atoms with Crippen LogP contribution >= 0.6 is 34.8 Å². The van der Waals surface area contributed by atoms with E-state index in [2.05, 4.69) is 372 Å². The van der Waals surface area contributed by atoms with Gasteiger partial charge in [-0.25, -0.2) is 0 Å². The van der Waals surface area contributed by atoms with Gasteiger partial charge in [0.2, 0.25) is 0 Å². The van der Waals surface area contributed by atoms with Crippen LogP contribution in [0.3, 0.4) is 0 Å². The maximum atomic E-state index is 6.01. The normalized spacial score (nSPS) is 17.0. The van der Waals surface area contributed by atoms with Gasteiger partial charge in [0.1, 0.15) is 17.2 Å². The summed E-state index contributed by atoms with van der Waals surface area (Å²) in [6, 6.07) is 59.1. The van der Waals surface area contributed by atoms with Crippen LogP contribution in [0.1, 0.15) is 412 Å². The fourth-order valence-electron chi connectivity index (χ4n) is 16.4. The van der Waals surface area contributed by atoms with Gasteiger partial charge in [0.15, 0.2) is 0 Å². The van der Waals surface area contributed by atoms with Gasteiger partial charge in [0.25, 0.3) is 0 Å². The number of hydrogen-bond donors (Lipinski definition) is 1. The van der Waals surface area contributed by atoms with Crippen molar-refractivity contribution in [3.63, 3.8) is 0 Å². The largest absolute Gasteiger partial charge is 0.497 e. The molecule has 750 valence electrons. The summed E-state index contributed by atoms with van der Waals surface area (Å²) >= 11 is 17.6. The minimum atomic E-state index is 0.151. The van der Waals surface area contributed by atoms with Crippen LogP contribution in [0.25, 0.3) is 0 Å². The van der Waals surface area contributed by atoms with Crippen molar-refractivity contribution in [3.8, 4) is 17.2 Å². The Morgan fingerprint density at radius 3 is 0.871 bits per heavy atom. The first kappa shape index (κ1) is 125. The van der Waals surface area contributed by atoms with Crippen molar-refractivity contribution in [1.29, 1.82) is 0 Å². The molecule has 0 radical (unpaired) electrons. The molecule has 6 aliphatic rings. The van der Waals surface area contributed by atoms with Gasteiger partial charge >= 0.3 is 0 Å². The summed E-state index contributed by atoms with van der Waals surface area (Å²) < 4.78 is 15.5. The number of nitrogens with one attached hydrogen (secondary N) is 1. The zero-order valence-electron chi connectivity index (χ0n) is 93.7. The molecule has 2 aliphatic heterocycles. The molecule has 2 saturated heterocycles. The van der Waals surface area contributed by atoms with E-state index >= 15 is 0 Å². The lowest BCUT2D eigenvalue weighted by atomic mass is 9.69. The number of ether oxygens (including phenoxy) is 3. The summed E-state index contributed by atoms with van der Waals surface area (Å²) in [7, 11) is 7.31. The second-order valence-corrected chi connectivity index (χ2v) is 53.4. The third kappa shape index (κ3) is 53.6. The predicted octanol–water partition coefficient (Wildman–Crippen LogP) is 38.6. The molecule has 2 unspecified atom stereocenters. The number of para-hydroxylation sites is 1. The molecular weight excluding hydrogens is 1670 g/mol. The number of methoxy groups -OCH3 is 3. The van der Waals surface area contributed by atoms with Gasteiger partial charge in [0.05, 0.1) is 21.3 Å². The second-order valence-electron chi connectivity index (χ2n) is 52.1. The van der Waals surface area contributed by atoms with Gasteiger partial charge in [0, 0.05) is 21.6 Å². The van der Waals surface area contributed by atoms with Crippen molar-refractivity contribution in [2.75, 3.05) is 54.6 Å². The fraction of sp³-hybridized carbons (Fsp3) is 0.661. The highest BCUT2D eigenvalue weighted by molar-refractivity contribution is 6.31. The number of rotatable bonds is 3. The van der Waals surface area contributed by atoms with Crippen molar-refractivity contribution < 1.29 is 14.2 Å². The minimum Gasteiger partial charge on any atom is -0.497 e. The van der Waals surface area contributed by atoms with Crippen LogP contribution in [0.2, 0.25) is 15.1 Å². The SMILES string of the molecule is CC(C)(C)C1CC1.CC(C)(C)C1CCC1.CC(C)(C)C1CCCC1.CC(C)(C)C1CCCCC1.CC(C)(C)C1CCNC1.CC(C)(C)c1ccc(Cl)cc1.CC(C)(C)c1cccc(Cl)c1.CC(C)(C)c1ccccc1.CC(C)(C)c1ccccc1Cl.CN1CCC(C(C)(C)C)C1.COc1ccc(C(C)(C)C)cc1.COc1cccc(C(C)(C)C)c1.COc1ccccc1C(C)(C)C. The molecule has 132 heavy (non-hydrogen) atoms. The Morgan fingerprint density at radius 1 is 0.265 bits per heavy atom. The molecular formula is C124H205Cl3N2O3. The van der Waals surface area contributed by atoms with Gasteiger partial charge in [-0.2, -0.15) is 0 Å². The first-order valence-electron chi connectivity index (χ1n) is 50.9. The average Bonchev–Trinajstić information content (AvgIpc) is 1.59. The average molecular weight is 1880 g/mol. The summed E-state index contributed by atoms with van der Waals surface area (Å²) in [6.45, 7) is 93.3. The van der Waals surface area contributed by atoms with Crippen molar-refractivity contribution in [2.45, 2.75) is 411 Å². The van der Waals surface area contributed by atoms with E-state index in [4.69, 9.17) is 49.0 Å². The van der Waals surface area contributed by atoms with E-state index in [0.29, 0.717) is 37.9 Å². The zero-order valence-corrected chi connectivity index (χ0v) is 95.9. The highest BCUT2D eigenvalue weighted by Gasteiger charge is 2.35. The van der Waals surface area contributed by atoms with Crippen molar-refractivity contribution >= 4 is 34.8 Å². The number of hydrogen-bond acceptors (Lipinski definition) is 5. The Labute approximate surface area is 833 Å². The molecule has 1 N–H and O–H groups in total. The highest BCUT2D eigenvalue weighted by atomic mass is 35.5. The van der Waals surface area contributed by atoms with Crippen LogP contribution in [-0.4, -0.2) is 59.5 Å². The fourth-order valence-corrected chi connectivity index (χ4v) is 17.1. The molecule has 8 heteroatoms.